The largest absolute Gasteiger partial charge is 0.493 e. The zero-order chi connectivity index (χ0) is 25.5. The number of carbonyl (C=O) groups excluding carboxylic acids is 1. The monoisotopic (exact) mass is 489 g/mol. The first kappa shape index (κ1) is 25.5. The highest BCUT2D eigenvalue weighted by atomic mass is 19.3. The number of ether oxygens (including phenoxy) is 5. The van der Waals surface area contributed by atoms with Crippen molar-refractivity contribution in [3.8, 4) is 23.0 Å². The zero-order valence-electron chi connectivity index (χ0n) is 19.9. The summed E-state index contributed by atoms with van der Waals surface area (Å²) in [4.78, 5) is 13.2. The number of hydrogen-bond acceptors (Lipinski definition) is 8. The molecule has 1 aromatic heterocycles. The van der Waals surface area contributed by atoms with E-state index in [0.29, 0.717) is 39.6 Å². The highest BCUT2D eigenvalue weighted by Gasteiger charge is 2.19. The minimum Gasteiger partial charge on any atom is -0.493 e. The molecule has 2 aromatic carbocycles. The SMILES string of the molecule is COc1ccc(/C(=C/c2ccc(OC(F)F)c(OC)c2)C(=O)OCc2c(C)noc2C)cc1OC. The van der Waals surface area contributed by atoms with E-state index in [1.807, 2.05) is 0 Å². The van der Waals surface area contributed by atoms with E-state index >= 15 is 0 Å². The predicted molar refractivity (Wildman–Crippen MR) is 123 cm³/mol. The molecule has 0 unspecified atom stereocenters. The van der Waals surface area contributed by atoms with Crippen LogP contribution in [0.5, 0.6) is 23.0 Å². The molecule has 3 rings (SSSR count). The minimum absolute atomic E-state index is 0.0465. The van der Waals surface area contributed by atoms with E-state index in [2.05, 4.69) is 9.89 Å². The number of aromatic nitrogens is 1. The Labute approximate surface area is 201 Å². The first-order valence-corrected chi connectivity index (χ1v) is 10.4. The average Bonchev–Trinajstić information content (AvgIpc) is 3.17. The Kier molecular flexibility index (Phi) is 8.30. The van der Waals surface area contributed by atoms with Gasteiger partial charge in [0.1, 0.15) is 12.4 Å². The molecule has 0 aliphatic heterocycles. The van der Waals surface area contributed by atoms with E-state index in [-0.39, 0.29) is 23.7 Å². The van der Waals surface area contributed by atoms with Gasteiger partial charge in [0.2, 0.25) is 0 Å². The molecule has 1 heterocycles. The number of rotatable bonds is 10. The van der Waals surface area contributed by atoms with Gasteiger partial charge in [0, 0.05) is 0 Å². The van der Waals surface area contributed by atoms with E-state index in [1.54, 1.807) is 38.1 Å². The summed E-state index contributed by atoms with van der Waals surface area (Å²) in [6, 6.07) is 9.29. The molecule has 35 heavy (non-hydrogen) atoms. The Hall–Kier alpha value is -4.08. The first-order chi connectivity index (χ1) is 16.8. The van der Waals surface area contributed by atoms with Crippen molar-refractivity contribution >= 4 is 17.6 Å². The second-order valence-corrected chi connectivity index (χ2v) is 7.30. The predicted octanol–water partition coefficient (Wildman–Crippen LogP) is 5.20. The molecule has 0 N–H and O–H groups in total. The van der Waals surface area contributed by atoms with Crippen LogP contribution in [0.25, 0.3) is 11.6 Å². The fraction of sp³-hybridized carbons (Fsp3) is 0.280. The van der Waals surface area contributed by atoms with Crippen LogP contribution in [0.3, 0.4) is 0 Å². The summed E-state index contributed by atoms with van der Waals surface area (Å²) in [7, 11) is 4.31. The Morgan fingerprint density at radius 3 is 2.23 bits per heavy atom. The van der Waals surface area contributed by atoms with Gasteiger partial charge in [0.25, 0.3) is 0 Å². The van der Waals surface area contributed by atoms with Crippen molar-refractivity contribution in [2.45, 2.75) is 27.1 Å². The van der Waals surface area contributed by atoms with E-state index in [0.717, 1.165) is 0 Å². The minimum atomic E-state index is -3.01. The molecule has 0 atom stereocenters. The number of carbonyl (C=O) groups is 1. The van der Waals surface area contributed by atoms with Gasteiger partial charge in [-0.1, -0.05) is 17.3 Å². The van der Waals surface area contributed by atoms with Crippen LogP contribution in [0.15, 0.2) is 40.9 Å². The lowest BCUT2D eigenvalue weighted by molar-refractivity contribution is -0.137. The van der Waals surface area contributed by atoms with Crippen molar-refractivity contribution in [3.05, 3.63) is 64.5 Å². The highest BCUT2D eigenvalue weighted by molar-refractivity contribution is 6.21. The van der Waals surface area contributed by atoms with Crippen LogP contribution in [0, 0.1) is 13.8 Å². The molecule has 0 radical (unpaired) electrons. The van der Waals surface area contributed by atoms with Crippen LogP contribution in [-0.4, -0.2) is 39.1 Å². The van der Waals surface area contributed by atoms with Crippen molar-refractivity contribution in [1.82, 2.24) is 5.16 Å². The van der Waals surface area contributed by atoms with Gasteiger partial charge in [0.05, 0.1) is 38.2 Å². The van der Waals surface area contributed by atoms with Gasteiger partial charge in [-0.25, -0.2) is 4.79 Å². The summed E-state index contributed by atoms with van der Waals surface area (Å²) in [5.74, 6) is 0.751. The second kappa shape index (κ2) is 11.4. The fourth-order valence-electron chi connectivity index (χ4n) is 3.32. The third-order valence-electron chi connectivity index (χ3n) is 5.16. The zero-order valence-corrected chi connectivity index (χ0v) is 19.9. The molecule has 10 heteroatoms. The van der Waals surface area contributed by atoms with Crippen molar-refractivity contribution in [2.75, 3.05) is 21.3 Å². The maximum absolute atomic E-state index is 13.2. The number of nitrogens with zero attached hydrogens (tertiary/aromatic N) is 1. The molecule has 0 saturated carbocycles. The average molecular weight is 489 g/mol. The fourth-order valence-corrected chi connectivity index (χ4v) is 3.32. The Bertz CT molecular complexity index is 1200. The number of aryl methyl sites for hydroxylation is 2. The summed E-state index contributed by atoms with van der Waals surface area (Å²) in [5.41, 5.74) is 2.44. The molecular formula is C25H25F2NO7. The summed E-state index contributed by atoms with van der Waals surface area (Å²) in [5, 5.41) is 3.86. The molecule has 0 fully saturated rings. The smallest absolute Gasteiger partial charge is 0.387 e. The molecule has 0 aliphatic rings. The van der Waals surface area contributed by atoms with Gasteiger partial charge < -0.3 is 28.2 Å². The Morgan fingerprint density at radius 1 is 0.971 bits per heavy atom. The maximum atomic E-state index is 13.2. The van der Waals surface area contributed by atoms with Crippen molar-refractivity contribution in [3.63, 3.8) is 0 Å². The van der Waals surface area contributed by atoms with Gasteiger partial charge in [-0.15, -0.1) is 0 Å². The molecule has 0 saturated heterocycles. The normalized spacial score (nSPS) is 11.4. The van der Waals surface area contributed by atoms with Crippen molar-refractivity contribution in [2.24, 2.45) is 0 Å². The summed E-state index contributed by atoms with van der Waals surface area (Å²) < 4.78 is 56.3. The number of hydrogen-bond donors (Lipinski definition) is 0. The lowest BCUT2D eigenvalue weighted by atomic mass is 10.0. The van der Waals surface area contributed by atoms with Crippen LogP contribution in [0.4, 0.5) is 8.78 Å². The maximum Gasteiger partial charge on any atom is 0.387 e. The molecular weight excluding hydrogens is 464 g/mol. The van der Waals surface area contributed by atoms with E-state index in [1.165, 1.54) is 39.5 Å². The Morgan fingerprint density at radius 2 is 1.63 bits per heavy atom. The van der Waals surface area contributed by atoms with Gasteiger partial charge in [-0.05, 0) is 55.3 Å². The summed E-state index contributed by atoms with van der Waals surface area (Å²) >= 11 is 0. The van der Waals surface area contributed by atoms with Crippen LogP contribution in [0.2, 0.25) is 0 Å². The third-order valence-corrected chi connectivity index (χ3v) is 5.16. The van der Waals surface area contributed by atoms with Gasteiger partial charge in [0.15, 0.2) is 23.0 Å². The molecule has 0 bridgehead atoms. The van der Waals surface area contributed by atoms with E-state index in [4.69, 9.17) is 23.5 Å². The van der Waals surface area contributed by atoms with E-state index < -0.39 is 12.6 Å². The van der Waals surface area contributed by atoms with Gasteiger partial charge in [-0.3, -0.25) is 0 Å². The van der Waals surface area contributed by atoms with Crippen LogP contribution >= 0.6 is 0 Å². The molecule has 0 spiro atoms. The number of esters is 1. The molecule has 0 aliphatic carbocycles. The standard InChI is InChI=1S/C25H25F2NO7/c1-14-19(15(2)35-28-14)13-33-24(29)18(17-7-9-20(30-3)23(12-17)32-5)10-16-6-8-21(34-25(26)27)22(11-16)31-4/h6-12,25H,13H2,1-5H3/b18-10-. The number of methoxy groups -OCH3 is 3. The molecule has 8 nitrogen and oxygen atoms in total. The summed E-state index contributed by atoms with van der Waals surface area (Å²) in [6.45, 7) is 0.422. The summed E-state index contributed by atoms with van der Waals surface area (Å²) in [6.07, 6.45) is 1.55. The number of alkyl halides is 2. The lowest BCUT2D eigenvalue weighted by Gasteiger charge is -2.13. The highest BCUT2D eigenvalue weighted by Crippen LogP contribution is 2.34. The van der Waals surface area contributed by atoms with Gasteiger partial charge >= 0.3 is 12.6 Å². The molecule has 0 amide bonds. The van der Waals surface area contributed by atoms with Crippen LogP contribution in [-0.2, 0) is 16.1 Å². The first-order valence-electron chi connectivity index (χ1n) is 10.4. The third kappa shape index (κ3) is 6.08. The van der Waals surface area contributed by atoms with Crippen LogP contribution in [0.1, 0.15) is 28.1 Å². The molecule has 3 aromatic rings. The van der Waals surface area contributed by atoms with Gasteiger partial charge in [-0.2, -0.15) is 8.78 Å². The quantitative estimate of drug-likeness (QED) is 0.218. The lowest BCUT2D eigenvalue weighted by Crippen LogP contribution is -2.09. The Balaban J connectivity index is 2.02. The van der Waals surface area contributed by atoms with E-state index in [9.17, 15) is 13.6 Å². The number of halogens is 2. The van der Waals surface area contributed by atoms with Crippen LogP contribution < -0.4 is 18.9 Å². The van der Waals surface area contributed by atoms with Crippen molar-refractivity contribution < 1.29 is 41.8 Å². The topological polar surface area (TPSA) is 89.3 Å². The second-order valence-electron chi connectivity index (χ2n) is 7.30. The molecule has 186 valence electrons. The number of benzene rings is 2. The van der Waals surface area contributed by atoms with Crippen molar-refractivity contribution in [1.29, 1.82) is 0 Å².